The van der Waals surface area contributed by atoms with E-state index in [9.17, 15) is 8.42 Å². The van der Waals surface area contributed by atoms with E-state index in [0.29, 0.717) is 23.9 Å². The van der Waals surface area contributed by atoms with Crippen LogP contribution in [0.25, 0.3) is 0 Å². The standard InChI is InChI=1S/C23H26N2O2S2/c1-28-17-9-7-16(8-10-17)23-20-6-4-5-19(20)21-15-18(11-12-22(21)24-23)29(26,27)25-13-2-3-14-25/h4-5,7-12,15,19-20,23-24H,2-3,6,13-14H2,1H3. The first kappa shape index (κ1) is 19.2. The molecule has 2 aliphatic heterocycles. The van der Waals surface area contributed by atoms with Crippen LogP contribution in [0.1, 0.15) is 42.3 Å². The number of thioether (sulfide) groups is 1. The van der Waals surface area contributed by atoms with Crippen molar-refractivity contribution in [1.29, 1.82) is 0 Å². The van der Waals surface area contributed by atoms with Crippen LogP contribution >= 0.6 is 11.8 Å². The molecular weight excluding hydrogens is 400 g/mol. The third-order valence-corrected chi connectivity index (χ3v) is 9.15. The average Bonchev–Trinajstić information content (AvgIpc) is 3.45. The maximum absolute atomic E-state index is 13.0. The van der Waals surface area contributed by atoms with Crippen LogP contribution in [0.2, 0.25) is 0 Å². The van der Waals surface area contributed by atoms with Crippen molar-refractivity contribution in [2.24, 2.45) is 5.92 Å². The van der Waals surface area contributed by atoms with Gasteiger partial charge in [-0.1, -0.05) is 24.3 Å². The van der Waals surface area contributed by atoms with E-state index in [1.807, 2.05) is 12.1 Å². The Balaban J connectivity index is 1.50. The summed E-state index contributed by atoms with van der Waals surface area (Å²) in [6.45, 7) is 1.27. The van der Waals surface area contributed by atoms with Crippen LogP contribution in [-0.2, 0) is 10.0 Å². The lowest BCUT2D eigenvalue weighted by Gasteiger charge is -2.38. The number of sulfonamides is 1. The van der Waals surface area contributed by atoms with Gasteiger partial charge in [0.25, 0.3) is 0 Å². The number of anilines is 1. The molecule has 5 rings (SSSR count). The van der Waals surface area contributed by atoms with Gasteiger partial charge in [-0.2, -0.15) is 4.31 Å². The van der Waals surface area contributed by atoms with Crippen LogP contribution in [0.5, 0.6) is 0 Å². The van der Waals surface area contributed by atoms with Crippen molar-refractivity contribution in [3.05, 3.63) is 65.7 Å². The lowest BCUT2D eigenvalue weighted by molar-refractivity contribution is 0.424. The number of hydrogen-bond acceptors (Lipinski definition) is 4. The van der Waals surface area contributed by atoms with Crippen LogP contribution in [0.4, 0.5) is 5.69 Å². The highest BCUT2D eigenvalue weighted by molar-refractivity contribution is 7.98. The topological polar surface area (TPSA) is 49.4 Å². The summed E-state index contributed by atoms with van der Waals surface area (Å²) in [5, 5.41) is 3.72. The van der Waals surface area contributed by atoms with Gasteiger partial charge in [0.1, 0.15) is 0 Å². The Kier molecular flexibility index (Phi) is 4.96. The van der Waals surface area contributed by atoms with E-state index in [1.54, 1.807) is 22.1 Å². The summed E-state index contributed by atoms with van der Waals surface area (Å²) in [6, 6.07) is 14.7. The molecular formula is C23H26N2O2S2. The molecule has 3 atom stereocenters. The smallest absolute Gasteiger partial charge is 0.243 e. The van der Waals surface area contributed by atoms with Gasteiger partial charge in [0.15, 0.2) is 0 Å². The van der Waals surface area contributed by atoms with Gasteiger partial charge in [-0.05, 0) is 72.9 Å². The fraction of sp³-hybridized carbons (Fsp3) is 0.391. The van der Waals surface area contributed by atoms with Crippen LogP contribution < -0.4 is 5.32 Å². The summed E-state index contributed by atoms with van der Waals surface area (Å²) >= 11 is 1.75. The predicted octanol–water partition coefficient (Wildman–Crippen LogP) is 5.02. The number of nitrogens with zero attached hydrogens (tertiary/aromatic N) is 1. The number of allylic oxidation sites excluding steroid dienone is 2. The first-order valence-corrected chi connectivity index (χ1v) is 13.0. The summed E-state index contributed by atoms with van der Waals surface area (Å²) in [7, 11) is -3.40. The van der Waals surface area contributed by atoms with E-state index in [-0.39, 0.29) is 12.0 Å². The van der Waals surface area contributed by atoms with Crippen molar-refractivity contribution in [2.45, 2.75) is 41.0 Å². The van der Waals surface area contributed by atoms with Gasteiger partial charge >= 0.3 is 0 Å². The van der Waals surface area contributed by atoms with Gasteiger partial charge in [0.2, 0.25) is 10.0 Å². The van der Waals surface area contributed by atoms with Gasteiger partial charge in [-0.15, -0.1) is 11.8 Å². The summed E-state index contributed by atoms with van der Waals surface area (Å²) in [6.07, 6.45) is 9.52. The minimum atomic E-state index is -3.40. The molecule has 152 valence electrons. The minimum absolute atomic E-state index is 0.236. The van der Waals surface area contributed by atoms with Crippen LogP contribution in [0.15, 0.2) is 64.4 Å². The van der Waals surface area contributed by atoms with Crippen molar-refractivity contribution >= 4 is 27.5 Å². The molecule has 3 aliphatic rings. The first-order valence-electron chi connectivity index (χ1n) is 10.3. The van der Waals surface area contributed by atoms with E-state index in [0.717, 1.165) is 30.5 Å². The second kappa shape index (κ2) is 7.49. The Morgan fingerprint density at radius 2 is 1.83 bits per heavy atom. The molecule has 3 unspecified atom stereocenters. The molecule has 0 aromatic heterocycles. The van der Waals surface area contributed by atoms with E-state index < -0.39 is 10.0 Å². The van der Waals surface area contributed by atoms with Gasteiger partial charge in [-0.3, -0.25) is 0 Å². The molecule has 0 bridgehead atoms. The Labute approximate surface area is 177 Å². The third kappa shape index (κ3) is 3.31. The lowest BCUT2D eigenvalue weighted by Crippen LogP contribution is -2.30. The Morgan fingerprint density at radius 1 is 1.07 bits per heavy atom. The molecule has 29 heavy (non-hydrogen) atoms. The van der Waals surface area contributed by atoms with Crippen molar-refractivity contribution in [3.8, 4) is 0 Å². The second-order valence-corrected chi connectivity index (χ2v) is 10.9. The number of benzene rings is 2. The molecule has 1 fully saturated rings. The number of rotatable bonds is 4. The van der Waals surface area contributed by atoms with E-state index in [4.69, 9.17) is 0 Å². The molecule has 1 N–H and O–H groups in total. The maximum Gasteiger partial charge on any atom is 0.243 e. The minimum Gasteiger partial charge on any atom is -0.378 e. The average molecular weight is 427 g/mol. The summed E-state index contributed by atoms with van der Waals surface area (Å²) in [5.41, 5.74) is 3.46. The van der Waals surface area contributed by atoms with E-state index >= 15 is 0 Å². The highest BCUT2D eigenvalue weighted by atomic mass is 32.2. The number of nitrogens with one attached hydrogen (secondary N) is 1. The van der Waals surface area contributed by atoms with E-state index in [2.05, 4.69) is 48.0 Å². The number of fused-ring (bicyclic) bond motifs is 3. The monoisotopic (exact) mass is 426 g/mol. The molecule has 2 aromatic carbocycles. The number of hydrogen-bond donors (Lipinski definition) is 1. The van der Waals surface area contributed by atoms with Gasteiger partial charge in [0, 0.05) is 29.6 Å². The zero-order valence-electron chi connectivity index (χ0n) is 16.5. The zero-order chi connectivity index (χ0) is 20.0. The Bertz CT molecular complexity index is 1040. The summed E-state index contributed by atoms with van der Waals surface area (Å²) in [4.78, 5) is 1.70. The molecule has 1 saturated heterocycles. The Hall–Kier alpha value is -1.76. The lowest BCUT2D eigenvalue weighted by atomic mass is 9.77. The van der Waals surface area contributed by atoms with Crippen molar-refractivity contribution < 1.29 is 8.42 Å². The highest BCUT2D eigenvalue weighted by Crippen LogP contribution is 2.50. The first-order chi connectivity index (χ1) is 14.1. The molecule has 0 spiro atoms. The molecule has 1 aliphatic carbocycles. The molecule has 4 nitrogen and oxygen atoms in total. The molecule has 0 saturated carbocycles. The zero-order valence-corrected chi connectivity index (χ0v) is 18.2. The molecule has 2 heterocycles. The van der Waals surface area contributed by atoms with Gasteiger partial charge < -0.3 is 5.32 Å². The maximum atomic E-state index is 13.0. The molecule has 6 heteroatoms. The Morgan fingerprint density at radius 3 is 2.55 bits per heavy atom. The van der Waals surface area contributed by atoms with E-state index in [1.165, 1.54) is 10.5 Å². The summed E-state index contributed by atoms with van der Waals surface area (Å²) in [5.74, 6) is 0.664. The second-order valence-electron chi connectivity index (χ2n) is 8.11. The fourth-order valence-corrected chi connectivity index (χ4v) is 6.91. The normalized spacial score (nSPS) is 26.2. The molecule has 2 aromatic rings. The summed E-state index contributed by atoms with van der Waals surface area (Å²) < 4.78 is 27.7. The predicted molar refractivity (Wildman–Crippen MR) is 119 cm³/mol. The van der Waals surface area contributed by atoms with Crippen LogP contribution in [0.3, 0.4) is 0 Å². The van der Waals surface area contributed by atoms with Crippen molar-refractivity contribution in [2.75, 3.05) is 24.7 Å². The SMILES string of the molecule is CSc1ccc(C2Nc3ccc(S(=O)(=O)N4CCCC4)cc3C3C=CCC32)cc1. The largest absolute Gasteiger partial charge is 0.378 e. The quantitative estimate of drug-likeness (QED) is 0.551. The third-order valence-electron chi connectivity index (χ3n) is 6.51. The van der Waals surface area contributed by atoms with Gasteiger partial charge in [-0.25, -0.2) is 8.42 Å². The fourth-order valence-electron chi connectivity index (χ4n) is 4.95. The van der Waals surface area contributed by atoms with Crippen LogP contribution in [-0.4, -0.2) is 32.1 Å². The van der Waals surface area contributed by atoms with Gasteiger partial charge in [0.05, 0.1) is 10.9 Å². The van der Waals surface area contributed by atoms with Crippen LogP contribution in [0, 0.1) is 5.92 Å². The van der Waals surface area contributed by atoms with Crippen molar-refractivity contribution in [1.82, 2.24) is 4.31 Å². The molecule has 0 radical (unpaired) electrons. The molecule has 0 amide bonds. The van der Waals surface area contributed by atoms with Crippen molar-refractivity contribution in [3.63, 3.8) is 0 Å². The highest BCUT2D eigenvalue weighted by Gasteiger charge is 2.39.